The molecule has 1 aliphatic heterocycles. The highest BCUT2D eigenvalue weighted by Gasteiger charge is 2.32. The smallest absolute Gasteiger partial charge is 0.416 e. The number of anilines is 1. The molecule has 6 nitrogen and oxygen atoms in total. The van der Waals surface area contributed by atoms with Crippen molar-refractivity contribution in [3.8, 4) is 17.6 Å². The van der Waals surface area contributed by atoms with Gasteiger partial charge in [-0.1, -0.05) is 0 Å². The van der Waals surface area contributed by atoms with Gasteiger partial charge in [-0.2, -0.15) is 18.4 Å². The Morgan fingerprint density at radius 1 is 1.03 bits per heavy atom. The summed E-state index contributed by atoms with van der Waals surface area (Å²) in [6, 6.07) is 9.91. The minimum atomic E-state index is -4.51. The Hall–Kier alpha value is -3.41. The van der Waals surface area contributed by atoms with Gasteiger partial charge in [-0.15, -0.1) is 0 Å². The van der Waals surface area contributed by atoms with Crippen LogP contribution in [0.2, 0.25) is 0 Å². The second-order valence-electron chi connectivity index (χ2n) is 6.69. The molecule has 3 rings (SSSR count). The second-order valence-corrected chi connectivity index (χ2v) is 6.69. The molecule has 1 fully saturated rings. The normalized spacial score (nSPS) is 14.3. The molecule has 1 heterocycles. The quantitative estimate of drug-likeness (QED) is 0.758. The van der Waals surface area contributed by atoms with E-state index >= 15 is 0 Å². The van der Waals surface area contributed by atoms with Gasteiger partial charge < -0.3 is 19.3 Å². The van der Waals surface area contributed by atoms with Crippen LogP contribution in [0, 0.1) is 11.3 Å². The third kappa shape index (κ3) is 4.27. The molecule has 1 amide bonds. The molecule has 0 bridgehead atoms. The lowest BCUT2D eigenvalue weighted by Gasteiger charge is -2.36. The topological polar surface area (TPSA) is 65.8 Å². The summed E-state index contributed by atoms with van der Waals surface area (Å²) in [5.74, 6) is 0.762. The number of piperazine rings is 1. The Balaban J connectivity index is 1.74. The third-order valence-corrected chi connectivity index (χ3v) is 4.99. The van der Waals surface area contributed by atoms with Gasteiger partial charge in [-0.3, -0.25) is 4.79 Å². The van der Waals surface area contributed by atoms with Crippen LogP contribution < -0.4 is 14.4 Å². The van der Waals surface area contributed by atoms with Gasteiger partial charge >= 0.3 is 6.18 Å². The molecule has 0 atom stereocenters. The minimum Gasteiger partial charge on any atom is -0.497 e. The Labute approximate surface area is 172 Å². The highest BCUT2D eigenvalue weighted by Crippen LogP contribution is 2.33. The second kappa shape index (κ2) is 8.53. The summed E-state index contributed by atoms with van der Waals surface area (Å²) in [7, 11) is 2.99. The molecule has 0 spiro atoms. The van der Waals surface area contributed by atoms with Crippen LogP contribution in [0.1, 0.15) is 21.5 Å². The molecule has 2 aromatic rings. The van der Waals surface area contributed by atoms with Crippen LogP contribution in [0.15, 0.2) is 36.4 Å². The molecule has 1 saturated heterocycles. The van der Waals surface area contributed by atoms with Crippen LogP contribution in [0.25, 0.3) is 0 Å². The predicted octanol–water partition coefficient (Wildman–Crippen LogP) is 3.56. The van der Waals surface area contributed by atoms with Gasteiger partial charge in [0, 0.05) is 32.2 Å². The van der Waals surface area contributed by atoms with Gasteiger partial charge in [0.05, 0.1) is 36.6 Å². The minimum absolute atomic E-state index is 0.0403. The number of carbonyl (C=O) groups is 1. The molecule has 1 aliphatic rings. The number of hydrogen-bond donors (Lipinski definition) is 0. The van der Waals surface area contributed by atoms with E-state index in [1.807, 2.05) is 11.0 Å². The number of alkyl halides is 3. The molecule has 9 heteroatoms. The fourth-order valence-corrected chi connectivity index (χ4v) is 3.37. The lowest BCUT2D eigenvalue weighted by molar-refractivity contribution is -0.137. The average molecular weight is 419 g/mol. The van der Waals surface area contributed by atoms with Crippen LogP contribution in [0.3, 0.4) is 0 Å². The van der Waals surface area contributed by atoms with E-state index in [0.717, 1.165) is 12.1 Å². The number of methoxy groups -OCH3 is 2. The average Bonchev–Trinajstić information content (AvgIpc) is 2.77. The summed E-state index contributed by atoms with van der Waals surface area (Å²) in [5.41, 5.74) is -0.0664. The Morgan fingerprint density at radius 2 is 1.73 bits per heavy atom. The van der Waals surface area contributed by atoms with Gasteiger partial charge in [-0.25, -0.2) is 0 Å². The Kier molecular flexibility index (Phi) is 6.06. The van der Waals surface area contributed by atoms with E-state index in [0.29, 0.717) is 48.9 Å². The predicted molar refractivity (Wildman–Crippen MR) is 104 cm³/mol. The van der Waals surface area contributed by atoms with Crippen molar-refractivity contribution in [2.45, 2.75) is 6.18 Å². The molecule has 30 heavy (non-hydrogen) atoms. The number of ether oxygens (including phenoxy) is 2. The van der Waals surface area contributed by atoms with Gasteiger partial charge in [-0.05, 0) is 30.3 Å². The lowest BCUT2D eigenvalue weighted by Crippen LogP contribution is -2.49. The summed E-state index contributed by atoms with van der Waals surface area (Å²) < 4.78 is 49.1. The first kappa shape index (κ1) is 21.3. The molecule has 2 aromatic carbocycles. The summed E-state index contributed by atoms with van der Waals surface area (Å²) >= 11 is 0. The van der Waals surface area contributed by atoms with Gasteiger partial charge in [0.2, 0.25) is 0 Å². The lowest BCUT2D eigenvalue weighted by atomic mass is 10.1. The van der Waals surface area contributed by atoms with Crippen molar-refractivity contribution in [2.24, 2.45) is 0 Å². The van der Waals surface area contributed by atoms with E-state index in [-0.39, 0.29) is 11.5 Å². The van der Waals surface area contributed by atoms with Gasteiger partial charge in [0.1, 0.15) is 17.6 Å². The molecule has 0 N–H and O–H groups in total. The molecule has 0 aromatic heterocycles. The highest BCUT2D eigenvalue weighted by molar-refractivity contribution is 5.97. The monoisotopic (exact) mass is 419 g/mol. The van der Waals surface area contributed by atoms with Crippen molar-refractivity contribution in [1.29, 1.82) is 5.26 Å². The molecule has 0 saturated carbocycles. The molecule has 0 aliphatic carbocycles. The summed E-state index contributed by atoms with van der Waals surface area (Å²) in [5, 5.41) is 9.30. The van der Waals surface area contributed by atoms with Gasteiger partial charge in [0.25, 0.3) is 5.91 Å². The van der Waals surface area contributed by atoms with Crippen LogP contribution in [0.4, 0.5) is 18.9 Å². The zero-order chi connectivity index (χ0) is 21.9. The number of halogens is 3. The highest BCUT2D eigenvalue weighted by atomic mass is 19.4. The van der Waals surface area contributed by atoms with Crippen molar-refractivity contribution in [1.82, 2.24) is 4.90 Å². The molecule has 158 valence electrons. The number of amides is 1. The fourth-order valence-electron chi connectivity index (χ4n) is 3.37. The maximum atomic E-state index is 12.9. The summed E-state index contributed by atoms with van der Waals surface area (Å²) in [6.07, 6.45) is -4.51. The van der Waals surface area contributed by atoms with E-state index < -0.39 is 11.7 Å². The van der Waals surface area contributed by atoms with E-state index in [1.54, 1.807) is 23.1 Å². The molecule has 0 unspecified atom stereocenters. The molecular formula is C21H20F3N3O3. The van der Waals surface area contributed by atoms with E-state index in [9.17, 15) is 23.2 Å². The SMILES string of the molecule is COc1ccc(C(=O)N2CCN(c3ccc(C(F)(F)F)cc3C#N)CC2)c(OC)c1. The molecule has 0 radical (unpaired) electrons. The number of nitrogens with zero attached hydrogens (tertiary/aromatic N) is 3. The zero-order valence-corrected chi connectivity index (χ0v) is 16.5. The van der Waals surface area contributed by atoms with Crippen LogP contribution in [0.5, 0.6) is 11.5 Å². The largest absolute Gasteiger partial charge is 0.497 e. The summed E-state index contributed by atoms with van der Waals surface area (Å²) in [4.78, 5) is 16.4. The van der Waals surface area contributed by atoms with Crippen LogP contribution >= 0.6 is 0 Å². The first-order chi connectivity index (χ1) is 14.3. The van der Waals surface area contributed by atoms with Crippen molar-refractivity contribution < 1.29 is 27.4 Å². The Morgan fingerprint density at radius 3 is 2.30 bits per heavy atom. The van der Waals surface area contributed by atoms with Crippen LogP contribution in [-0.2, 0) is 6.18 Å². The van der Waals surface area contributed by atoms with E-state index in [2.05, 4.69) is 0 Å². The number of nitriles is 1. The van der Waals surface area contributed by atoms with Crippen LogP contribution in [-0.4, -0.2) is 51.2 Å². The number of carbonyl (C=O) groups excluding carboxylic acids is 1. The number of benzene rings is 2. The number of hydrogen-bond acceptors (Lipinski definition) is 5. The van der Waals surface area contributed by atoms with Crippen molar-refractivity contribution in [3.63, 3.8) is 0 Å². The van der Waals surface area contributed by atoms with Crippen molar-refractivity contribution in [2.75, 3.05) is 45.3 Å². The van der Waals surface area contributed by atoms with E-state index in [4.69, 9.17) is 9.47 Å². The zero-order valence-electron chi connectivity index (χ0n) is 16.5. The Bertz CT molecular complexity index is 978. The van der Waals surface area contributed by atoms with Crippen molar-refractivity contribution >= 4 is 11.6 Å². The first-order valence-electron chi connectivity index (χ1n) is 9.16. The van der Waals surface area contributed by atoms with E-state index in [1.165, 1.54) is 20.3 Å². The van der Waals surface area contributed by atoms with Crippen molar-refractivity contribution in [3.05, 3.63) is 53.1 Å². The maximum Gasteiger partial charge on any atom is 0.416 e. The standard InChI is InChI=1S/C21H20F3N3O3/c1-29-16-4-5-17(19(12-16)30-2)20(28)27-9-7-26(8-10-27)18-6-3-15(21(22,23)24)11-14(18)13-25/h3-6,11-12H,7-10H2,1-2H3. The third-order valence-electron chi connectivity index (χ3n) is 4.99. The summed E-state index contributed by atoms with van der Waals surface area (Å²) in [6.45, 7) is 1.51. The molecular weight excluding hydrogens is 399 g/mol. The van der Waals surface area contributed by atoms with Gasteiger partial charge in [0.15, 0.2) is 0 Å². The maximum absolute atomic E-state index is 12.9. The fraction of sp³-hybridized carbons (Fsp3) is 0.333. The number of rotatable bonds is 4. The first-order valence-corrected chi connectivity index (χ1v) is 9.16.